The summed E-state index contributed by atoms with van der Waals surface area (Å²) in [6, 6.07) is 8.66. The van der Waals surface area contributed by atoms with Crippen LogP contribution in [0.15, 0.2) is 36.4 Å². The minimum Gasteiger partial charge on any atom is -0.504 e. The number of benzene rings is 2. The van der Waals surface area contributed by atoms with E-state index in [9.17, 15) is 30.0 Å². The lowest BCUT2D eigenvalue weighted by Crippen LogP contribution is -2.23. The van der Waals surface area contributed by atoms with Crippen molar-refractivity contribution in [3.63, 3.8) is 0 Å². The minimum absolute atomic E-state index is 0.0593. The normalized spacial score (nSPS) is 10.5. The van der Waals surface area contributed by atoms with E-state index in [-0.39, 0.29) is 60.5 Å². The number of phenolic OH excluding ortho intramolecular Hbond substituents is 4. The van der Waals surface area contributed by atoms with Crippen LogP contribution in [0.4, 0.5) is 0 Å². The van der Waals surface area contributed by atoms with Gasteiger partial charge in [-0.15, -0.1) is 0 Å². The van der Waals surface area contributed by atoms with E-state index in [1.807, 2.05) is 0 Å². The second-order valence-electron chi connectivity index (χ2n) is 5.96. The molecule has 0 radical (unpaired) electrons. The van der Waals surface area contributed by atoms with Gasteiger partial charge in [0.05, 0.1) is 0 Å². The lowest BCUT2D eigenvalue weighted by atomic mass is 10.0. The van der Waals surface area contributed by atoms with Gasteiger partial charge in [0.15, 0.2) is 23.0 Å². The van der Waals surface area contributed by atoms with E-state index < -0.39 is 0 Å². The Kier molecular flexibility index (Phi) is 6.43. The number of hydrogen-bond donors (Lipinski definition) is 5. The molecule has 0 bridgehead atoms. The number of hydrogen-bond acceptors (Lipinski definition) is 6. The molecule has 5 N–H and O–H groups in total. The Hall–Kier alpha value is -3.22. The SMILES string of the molecule is O=C(CCC(=O)NCc1ccc(O)c(O)c1)CCc1ccc(O)c(O)c1. The third kappa shape index (κ3) is 5.70. The quantitative estimate of drug-likeness (QED) is 0.459. The van der Waals surface area contributed by atoms with Crippen LogP contribution in [0, 0.1) is 0 Å². The molecule has 1 amide bonds. The van der Waals surface area contributed by atoms with Crippen molar-refractivity contribution in [2.24, 2.45) is 0 Å². The molecule has 26 heavy (non-hydrogen) atoms. The molecule has 138 valence electrons. The van der Waals surface area contributed by atoms with Crippen molar-refractivity contribution < 1.29 is 30.0 Å². The van der Waals surface area contributed by atoms with Gasteiger partial charge in [0, 0.05) is 25.8 Å². The first kappa shape index (κ1) is 19.1. The molecule has 0 saturated carbocycles. The number of amides is 1. The average Bonchev–Trinajstić information content (AvgIpc) is 2.62. The van der Waals surface area contributed by atoms with Gasteiger partial charge in [-0.1, -0.05) is 12.1 Å². The van der Waals surface area contributed by atoms with Crippen LogP contribution in [-0.4, -0.2) is 32.1 Å². The van der Waals surface area contributed by atoms with Gasteiger partial charge >= 0.3 is 0 Å². The van der Waals surface area contributed by atoms with E-state index in [2.05, 4.69) is 5.32 Å². The second-order valence-corrected chi connectivity index (χ2v) is 5.96. The molecule has 2 rings (SSSR count). The van der Waals surface area contributed by atoms with E-state index in [1.165, 1.54) is 24.3 Å². The van der Waals surface area contributed by atoms with Gasteiger partial charge in [-0.05, 0) is 41.8 Å². The molecule has 0 spiro atoms. The zero-order valence-corrected chi connectivity index (χ0v) is 14.1. The first-order valence-electron chi connectivity index (χ1n) is 8.15. The first-order valence-corrected chi connectivity index (χ1v) is 8.15. The van der Waals surface area contributed by atoms with Gasteiger partial charge < -0.3 is 25.7 Å². The maximum absolute atomic E-state index is 11.9. The van der Waals surface area contributed by atoms with Gasteiger partial charge in [0.1, 0.15) is 5.78 Å². The van der Waals surface area contributed by atoms with Crippen LogP contribution >= 0.6 is 0 Å². The molecule has 0 aliphatic heterocycles. The van der Waals surface area contributed by atoms with E-state index in [4.69, 9.17) is 0 Å². The Morgan fingerprint density at radius 2 is 1.31 bits per heavy atom. The number of aryl methyl sites for hydroxylation is 1. The highest BCUT2D eigenvalue weighted by Crippen LogP contribution is 2.26. The number of aromatic hydroxyl groups is 4. The summed E-state index contributed by atoms with van der Waals surface area (Å²) in [6.07, 6.45) is 0.824. The number of carbonyl (C=O) groups excluding carboxylic acids is 2. The molecule has 0 unspecified atom stereocenters. The number of rotatable bonds is 8. The standard InChI is InChI=1S/C19H21NO6/c21-14(4-1-12-2-6-15(22)17(24)9-12)5-8-19(26)20-11-13-3-7-16(23)18(25)10-13/h2-3,6-7,9-10,22-25H,1,4-5,8,11H2,(H,20,26). The first-order chi connectivity index (χ1) is 12.3. The van der Waals surface area contributed by atoms with Crippen molar-refractivity contribution in [3.8, 4) is 23.0 Å². The minimum atomic E-state index is -0.284. The molecular weight excluding hydrogens is 338 g/mol. The molecule has 0 saturated heterocycles. The number of carbonyl (C=O) groups is 2. The summed E-state index contributed by atoms with van der Waals surface area (Å²) >= 11 is 0. The molecule has 0 aliphatic rings. The zero-order valence-electron chi connectivity index (χ0n) is 14.1. The maximum Gasteiger partial charge on any atom is 0.220 e. The summed E-state index contributed by atoms with van der Waals surface area (Å²) in [5, 5.41) is 39.9. The predicted molar refractivity (Wildman–Crippen MR) is 94.0 cm³/mol. The molecule has 2 aromatic carbocycles. The number of phenols is 4. The van der Waals surface area contributed by atoms with Gasteiger partial charge in [-0.2, -0.15) is 0 Å². The number of ketones is 1. The Morgan fingerprint density at radius 1 is 0.731 bits per heavy atom. The predicted octanol–water partition coefficient (Wildman–Crippen LogP) is 2.11. The summed E-state index contributed by atoms with van der Waals surface area (Å²) in [4.78, 5) is 23.7. The van der Waals surface area contributed by atoms with Crippen LogP contribution in [0.5, 0.6) is 23.0 Å². The topological polar surface area (TPSA) is 127 Å². The second kappa shape index (κ2) is 8.75. The molecule has 0 aromatic heterocycles. The Morgan fingerprint density at radius 3 is 1.92 bits per heavy atom. The highest BCUT2D eigenvalue weighted by Gasteiger charge is 2.09. The van der Waals surface area contributed by atoms with Crippen LogP contribution in [0.1, 0.15) is 30.4 Å². The summed E-state index contributed by atoms with van der Waals surface area (Å²) in [5.41, 5.74) is 1.36. The molecular formula is C19H21NO6. The average molecular weight is 359 g/mol. The van der Waals surface area contributed by atoms with Crippen LogP contribution in [0.2, 0.25) is 0 Å². The van der Waals surface area contributed by atoms with Gasteiger partial charge in [0.2, 0.25) is 5.91 Å². The lowest BCUT2D eigenvalue weighted by molar-refractivity contribution is -0.125. The fourth-order valence-corrected chi connectivity index (χ4v) is 2.35. The molecule has 0 heterocycles. The zero-order chi connectivity index (χ0) is 19.1. The van der Waals surface area contributed by atoms with Crippen molar-refractivity contribution in [1.82, 2.24) is 5.32 Å². The molecule has 0 atom stereocenters. The van der Waals surface area contributed by atoms with Gasteiger partial charge in [-0.25, -0.2) is 0 Å². The van der Waals surface area contributed by atoms with E-state index in [0.29, 0.717) is 12.0 Å². The molecule has 7 heteroatoms. The monoisotopic (exact) mass is 359 g/mol. The van der Waals surface area contributed by atoms with E-state index in [0.717, 1.165) is 5.56 Å². The van der Waals surface area contributed by atoms with Crippen molar-refractivity contribution in [2.45, 2.75) is 32.2 Å². The van der Waals surface area contributed by atoms with Crippen molar-refractivity contribution in [3.05, 3.63) is 47.5 Å². The van der Waals surface area contributed by atoms with E-state index >= 15 is 0 Å². The van der Waals surface area contributed by atoms with Crippen molar-refractivity contribution >= 4 is 11.7 Å². The van der Waals surface area contributed by atoms with E-state index in [1.54, 1.807) is 12.1 Å². The molecule has 2 aromatic rings. The van der Waals surface area contributed by atoms with Crippen molar-refractivity contribution in [2.75, 3.05) is 0 Å². The summed E-state index contributed by atoms with van der Waals surface area (Å²) < 4.78 is 0. The third-order valence-electron chi connectivity index (χ3n) is 3.89. The Balaban J connectivity index is 1.70. The van der Waals surface area contributed by atoms with Crippen LogP contribution in [0.25, 0.3) is 0 Å². The maximum atomic E-state index is 11.9. The number of Topliss-reactive ketones (excluding diaryl/α,β-unsaturated/α-hetero) is 1. The Bertz CT molecular complexity index is 735. The molecule has 0 aliphatic carbocycles. The van der Waals surface area contributed by atoms with Crippen molar-refractivity contribution in [1.29, 1.82) is 0 Å². The summed E-state index contributed by atoms with van der Waals surface area (Å²) in [6.45, 7) is 0.188. The van der Waals surface area contributed by atoms with Gasteiger partial charge in [-0.3, -0.25) is 9.59 Å². The smallest absolute Gasteiger partial charge is 0.220 e. The van der Waals surface area contributed by atoms with Crippen LogP contribution in [-0.2, 0) is 22.6 Å². The Labute approximate surface area is 150 Å². The number of nitrogens with one attached hydrogen (secondary N) is 1. The molecule has 0 fully saturated rings. The lowest BCUT2D eigenvalue weighted by Gasteiger charge is -2.07. The van der Waals surface area contributed by atoms with Crippen LogP contribution < -0.4 is 5.32 Å². The van der Waals surface area contributed by atoms with Crippen LogP contribution in [0.3, 0.4) is 0 Å². The fourth-order valence-electron chi connectivity index (χ4n) is 2.35. The third-order valence-corrected chi connectivity index (χ3v) is 3.89. The molecule has 7 nitrogen and oxygen atoms in total. The highest BCUT2D eigenvalue weighted by atomic mass is 16.3. The fraction of sp³-hybridized carbons (Fsp3) is 0.263. The summed E-state index contributed by atoms with van der Waals surface area (Å²) in [7, 11) is 0. The highest BCUT2D eigenvalue weighted by molar-refractivity contribution is 5.85. The summed E-state index contributed by atoms with van der Waals surface area (Å²) in [5.74, 6) is -1.28. The van der Waals surface area contributed by atoms with Gasteiger partial charge in [0.25, 0.3) is 0 Å². The largest absolute Gasteiger partial charge is 0.504 e.